The molecule has 3 aromatic rings. The Labute approximate surface area is 164 Å². The van der Waals surface area contributed by atoms with E-state index in [1.807, 2.05) is 12.1 Å². The molecule has 1 unspecified atom stereocenters. The van der Waals surface area contributed by atoms with Gasteiger partial charge < -0.3 is 9.84 Å². The monoisotopic (exact) mass is 379 g/mol. The molecule has 0 radical (unpaired) electrons. The van der Waals surface area contributed by atoms with E-state index in [2.05, 4.69) is 40.3 Å². The molecule has 1 fully saturated rings. The molecule has 0 amide bonds. The Hall–Kier alpha value is -2.86. The lowest BCUT2D eigenvalue weighted by Gasteiger charge is -2.33. The summed E-state index contributed by atoms with van der Waals surface area (Å²) in [5, 5.41) is 15.8. The van der Waals surface area contributed by atoms with E-state index >= 15 is 0 Å². The molecule has 1 aliphatic heterocycles. The fourth-order valence-corrected chi connectivity index (χ4v) is 4.28. The average Bonchev–Trinajstić information content (AvgIpc) is 3.16. The van der Waals surface area contributed by atoms with Gasteiger partial charge >= 0.3 is 5.97 Å². The summed E-state index contributed by atoms with van der Waals surface area (Å²) in [4.78, 5) is 13.6. The number of aliphatic carboxylic acids is 1. The lowest BCUT2D eigenvalue weighted by molar-refractivity contribution is -0.137. The average molecular weight is 379 g/mol. The number of likely N-dealkylation sites (tertiary alicyclic amines) is 1. The first-order valence-corrected chi connectivity index (χ1v) is 9.66. The molecular weight excluding hydrogens is 354 g/mol. The van der Waals surface area contributed by atoms with Crippen LogP contribution >= 0.6 is 0 Å². The maximum Gasteiger partial charge on any atom is 0.325 e. The van der Waals surface area contributed by atoms with Gasteiger partial charge in [0.1, 0.15) is 12.3 Å². The third-order valence-corrected chi connectivity index (χ3v) is 5.56. The normalized spacial score (nSPS) is 17.7. The smallest absolute Gasteiger partial charge is 0.325 e. The number of methoxy groups -OCH3 is 1. The van der Waals surface area contributed by atoms with Crippen molar-refractivity contribution in [2.75, 3.05) is 20.2 Å². The molecule has 1 aliphatic rings. The number of benzene rings is 2. The second kappa shape index (κ2) is 8.02. The van der Waals surface area contributed by atoms with E-state index in [4.69, 9.17) is 9.84 Å². The predicted molar refractivity (Wildman–Crippen MR) is 108 cm³/mol. The van der Waals surface area contributed by atoms with Crippen LogP contribution in [0.2, 0.25) is 0 Å². The second-order valence-electron chi connectivity index (χ2n) is 7.35. The molecule has 1 N–H and O–H groups in total. The molecule has 1 atom stereocenters. The van der Waals surface area contributed by atoms with E-state index in [0.717, 1.165) is 43.9 Å². The summed E-state index contributed by atoms with van der Waals surface area (Å²) >= 11 is 0. The lowest BCUT2D eigenvalue weighted by atomic mass is 9.93. The number of fused-ring (bicyclic) bond motifs is 1. The molecule has 0 bridgehead atoms. The molecule has 146 valence electrons. The van der Waals surface area contributed by atoms with Gasteiger partial charge in [0.05, 0.1) is 7.11 Å². The summed E-state index contributed by atoms with van der Waals surface area (Å²) in [6.07, 6.45) is 3.83. The van der Waals surface area contributed by atoms with Crippen LogP contribution in [0.25, 0.3) is 10.8 Å². The van der Waals surface area contributed by atoms with Gasteiger partial charge in [0.15, 0.2) is 0 Å². The lowest BCUT2D eigenvalue weighted by Crippen LogP contribution is -2.35. The van der Waals surface area contributed by atoms with E-state index in [1.54, 1.807) is 18.0 Å². The zero-order valence-electron chi connectivity index (χ0n) is 16.0. The second-order valence-corrected chi connectivity index (χ2v) is 7.35. The molecular formula is C22H25N3O3. The highest BCUT2D eigenvalue weighted by atomic mass is 16.5. The van der Waals surface area contributed by atoms with Crippen molar-refractivity contribution < 1.29 is 14.6 Å². The minimum absolute atomic E-state index is 0.0873. The summed E-state index contributed by atoms with van der Waals surface area (Å²) in [5.41, 5.74) is 2.22. The number of ether oxygens (including phenoxy) is 1. The van der Waals surface area contributed by atoms with Crippen molar-refractivity contribution in [1.29, 1.82) is 0 Å². The number of carbonyl (C=O) groups is 1. The van der Waals surface area contributed by atoms with Gasteiger partial charge in [-0.05, 0) is 42.3 Å². The van der Waals surface area contributed by atoms with E-state index in [0.29, 0.717) is 0 Å². The number of carboxylic acid groups (broad SMARTS) is 1. The van der Waals surface area contributed by atoms with Crippen LogP contribution in [0.3, 0.4) is 0 Å². The van der Waals surface area contributed by atoms with Crippen LogP contribution in [0.4, 0.5) is 0 Å². The van der Waals surface area contributed by atoms with Crippen molar-refractivity contribution in [3.8, 4) is 5.75 Å². The maximum absolute atomic E-state index is 11.1. The SMILES string of the molecule is COc1ccc2ccccc2c1CN1CCCC(c2ccnn2CC(=O)O)C1. The van der Waals surface area contributed by atoms with Gasteiger partial charge in [0.25, 0.3) is 0 Å². The van der Waals surface area contributed by atoms with Gasteiger partial charge in [0.2, 0.25) is 0 Å². The van der Waals surface area contributed by atoms with E-state index in [-0.39, 0.29) is 12.5 Å². The summed E-state index contributed by atoms with van der Waals surface area (Å²) < 4.78 is 7.27. The number of carboxylic acids is 1. The Morgan fingerprint density at radius 3 is 2.93 bits per heavy atom. The standard InChI is InChI=1S/C22H25N3O3/c1-28-21-9-8-16-5-2-3-7-18(16)19(21)14-24-12-4-6-17(13-24)20-10-11-23-25(20)15-22(26)27/h2-3,5,7-11,17H,4,6,12-15H2,1H3,(H,26,27). The summed E-state index contributed by atoms with van der Waals surface area (Å²) in [6.45, 7) is 2.64. The van der Waals surface area contributed by atoms with E-state index < -0.39 is 5.97 Å². The first-order valence-electron chi connectivity index (χ1n) is 9.66. The summed E-state index contributed by atoms with van der Waals surface area (Å²) in [5.74, 6) is 0.339. The molecule has 0 aliphatic carbocycles. The van der Waals surface area contributed by atoms with Crippen LogP contribution in [-0.2, 0) is 17.9 Å². The Bertz CT molecular complexity index is 982. The Morgan fingerprint density at radius 1 is 1.25 bits per heavy atom. The zero-order valence-corrected chi connectivity index (χ0v) is 16.0. The van der Waals surface area contributed by atoms with Gasteiger partial charge in [-0.3, -0.25) is 14.4 Å². The topological polar surface area (TPSA) is 67.6 Å². The van der Waals surface area contributed by atoms with Gasteiger partial charge in [-0.1, -0.05) is 30.3 Å². The molecule has 0 spiro atoms. The molecule has 2 heterocycles. The fourth-order valence-electron chi connectivity index (χ4n) is 4.28. The quantitative estimate of drug-likeness (QED) is 0.710. The number of rotatable bonds is 6. The first-order chi connectivity index (χ1) is 13.7. The third-order valence-electron chi connectivity index (χ3n) is 5.56. The van der Waals surface area contributed by atoms with Crippen molar-refractivity contribution in [1.82, 2.24) is 14.7 Å². The van der Waals surface area contributed by atoms with Crippen LogP contribution in [0.5, 0.6) is 5.75 Å². The van der Waals surface area contributed by atoms with Gasteiger partial charge in [-0.2, -0.15) is 5.10 Å². The van der Waals surface area contributed by atoms with Gasteiger partial charge in [-0.15, -0.1) is 0 Å². The highest BCUT2D eigenvalue weighted by molar-refractivity contribution is 5.87. The molecule has 2 aromatic carbocycles. The Kier molecular flexibility index (Phi) is 5.30. The fraction of sp³-hybridized carbons (Fsp3) is 0.364. The van der Waals surface area contributed by atoms with Gasteiger partial charge in [-0.25, -0.2) is 0 Å². The Balaban J connectivity index is 1.58. The number of piperidine rings is 1. The highest BCUT2D eigenvalue weighted by Gasteiger charge is 2.25. The molecule has 1 aromatic heterocycles. The van der Waals surface area contributed by atoms with Crippen molar-refractivity contribution in [3.05, 3.63) is 59.9 Å². The minimum atomic E-state index is -0.863. The zero-order chi connectivity index (χ0) is 19.5. The summed E-state index contributed by atoms with van der Waals surface area (Å²) in [7, 11) is 1.72. The maximum atomic E-state index is 11.1. The van der Waals surface area contributed by atoms with Crippen molar-refractivity contribution in [2.24, 2.45) is 0 Å². The molecule has 6 nitrogen and oxygen atoms in total. The van der Waals surface area contributed by atoms with Crippen LogP contribution in [0.15, 0.2) is 48.7 Å². The number of hydrogen-bond acceptors (Lipinski definition) is 4. The third kappa shape index (κ3) is 3.73. The van der Waals surface area contributed by atoms with Crippen LogP contribution in [0, 0.1) is 0 Å². The molecule has 28 heavy (non-hydrogen) atoms. The van der Waals surface area contributed by atoms with Crippen LogP contribution < -0.4 is 4.74 Å². The van der Waals surface area contributed by atoms with Crippen LogP contribution in [0.1, 0.15) is 30.0 Å². The number of aromatic nitrogens is 2. The van der Waals surface area contributed by atoms with Crippen molar-refractivity contribution in [2.45, 2.75) is 31.8 Å². The number of hydrogen-bond donors (Lipinski definition) is 1. The largest absolute Gasteiger partial charge is 0.496 e. The molecule has 0 saturated carbocycles. The van der Waals surface area contributed by atoms with Crippen molar-refractivity contribution >= 4 is 16.7 Å². The van der Waals surface area contributed by atoms with E-state index in [9.17, 15) is 4.79 Å². The highest BCUT2D eigenvalue weighted by Crippen LogP contribution is 2.32. The van der Waals surface area contributed by atoms with Crippen LogP contribution in [-0.4, -0.2) is 46.0 Å². The minimum Gasteiger partial charge on any atom is -0.496 e. The van der Waals surface area contributed by atoms with Gasteiger partial charge in [0, 0.05) is 36.5 Å². The Morgan fingerprint density at radius 2 is 2.11 bits per heavy atom. The number of nitrogens with zero attached hydrogens (tertiary/aromatic N) is 3. The van der Waals surface area contributed by atoms with E-state index in [1.165, 1.54) is 16.3 Å². The molecule has 1 saturated heterocycles. The first kappa shape index (κ1) is 18.5. The summed E-state index contributed by atoms with van der Waals surface area (Å²) in [6, 6.07) is 14.5. The van der Waals surface area contributed by atoms with Crippen molar-refractivity contribution in [3.63, 3.8) is 0 Å². The molecule has 6 heteroatoms. The molecule has 4 rings (SSSR count). The predicted octanol–water partition coefficient (Wildman–Crippen LogP) is 3.51.